The fraction of sp³-hybridized carbons (Fsp3) is 0.462. The second-order valence-corrected chi connectivity index (χ2v) is 5.20. The van der Waals surface area contributed by atoms with Crippen LogP contribution in [-0.4, -0.2) is 24.2 Å². The first-order valence-electron chi connectivity index (χ1n) is 5.71. The summed E-state index contributed by atoms with van der Waals surface area (Å²) >= 11 is 0. The quantitative estimate of drug-likeness (QED) is 0.712. The van der Waals surface area contributed by atoms with E-state index >= 15 is 0 Å². The number of nitrogens with one attached hydrogen (secondary N) is 1. The van der Waals surface area contributed by atoms with Crippen LogP contribution in [0.1, 0.15) is 29.8 Å². The number of amides is 1. The zero-order valence-electron chi connectivity index (χ0n) is 10.9. The molecule has 0 unspecified atom stereocenters. The molecule has 100 valence electrons. The van der Waals surface area contributed by atoms with Crippen molar-refractivity contribution in [2.75, 3.05) is 18.9 Å². The highest BCUT2D eigenvalue weighted by atomic mass is 19.1. The van der Waals surface area contributed by atoms with Gasteiger partial charge in [-0.05, 0) is 24.6 Å². The third-order valence-corrected chi connectivity index (χ3v) is 2.68. The van der Waals surface area contributed by atoms with Gasteiger partial charge in [0.25, 0.3) is 5.91 Å². The highest BCUT2D eigenvalue weighted by Gasteiger charge is 2.20. The number of anilines is 1. The van der Waals surface area contributed by atoms with Crippen LogP contribution >= 0.6 is 0 Å². The van der Waals surface area contributed by atoms with E-state index in [0.717, 1.165) is 0 Å². The van der Waals surface area contributed by atoms with Crippen molar-refractivity contribution in [2.45, 2.75) is 20.8 Å². The third-order valence-electron chi connectivity index (χ3n) is 2.68. The largest absolute Gasteiger partial charge is 0.399 e. The van der Waals surface area contributed by atoms with Crippen LogP contribution in [0.15, 0.2) is 12.1 Å². The van der Waals surface area contributed by atoms with E-state index in [1.165, 1.54) is 12.1 Å². The van der Waals surface area contributed by atoms with E-state index in [9.17, 15) is 9.18 Å². The van der Waals surface area contributed by atoms with Gasteiger partial charge in [-0.1, -0.05) is 13.8 Å². The number of aliphatic hydroxyl groups is 1. The molecule has 0 radical (unpaired) electrons. The van der Waals surface area contributed by atoms with Gasteiger partial charge in [0.15, 0.2) is 0 Å². The van der Waals surface area contributed by atoms with Gasteiger partial charge in [0.05, 0.1) is 5.56 Å². The summed E-state index contributed by atoms with van der Waals surface area (Å²) in [6.45, 7) is 5.35. The second-order valence-electron chi connectivity index (χ2n) is 5.20. The van der Waals surface area contributed by atoms with Crippen LogP contribution in [-0.2, 0) is 0 Å². The molecule has 0 atom stereocenters. The van der Waals surface area contributed by atoms with Gasteiger partial charge in [-0.2, -0.15) is 0 Å². The zero-order valence-corrected chi connectivity index (χ0v) is 10.9. The Bertz CT molecular complexity index is 459. The van der Waals surface area contributed by atoms with Crippen molar-refractivity contribution in [3.8, 4) is 0 Å². The highest BCUT2D eigenvalue weighted by molar-refractivity contribution is 5.95. The normalized spacial score (nSPS) is 11.4. The Hall–Kier alpha value is -1.62. The Labute approximate surface area is 106 Å². The van der Waals surface area contributed by atoms with E-state index in [2.05, 4.69) is 5.32 Å². The Kier molecular flexibility index (Phi) is 4.29. The number of rotatable bonds is 4. The molecule has 18 heavy (non-hydrogen) atoms. The first kappa shape index (κ1) is 14.4. The number of benzene rings is 1. The summed E-state index contributed by atoms with van der Waals surface area (Å²) in [6.07, 6.45) is 0. The molecule has 0 aliphatic heterocycles. The number of hydrogen-bond acceptors (Lipinski definition) is 3. The molecule has 1 amide bonds. The molecule has 0 fully saturated rings. The maximum Gasteiger partial charge on any atom is 0.254 e. The molecule has 5 heteroatoms. The molecule has 0 saturated carbocycles. The molecule has 0 saturated heterocycles. The minimum atomic E-state index is -0.566. The van der Waals surface area contributed by atoms with Crippen molar-refractivity contribution >= 4 is 11.6 Å². The number of nitrogen functional groups attached to an aromatic ring is 1. The lowest BCUT2D eigenvalue weighted by Gasteiger charge is -2.22. The Morgan fingerprint density at radius 3 is 2.67 bits per heavy atom. The van der Waals surface area contributed by atoms with E-state index < -0.39 is 17.1 Å². The lowest BCUT2D eigenvalue weighted by molar-refractivity contribution is 0.0907. The number of carbonyl (C=O) groups excluding carboxylic acids is 1. The highest BCUT2D eigenvalue weighted by Crippen LogP contribution is 2.18. The Morgan fingerprint density at radius 2 is 2.11 bits per heavy atom. The van der Waals surface area contributed by atoms with Crippen LogP contribution in [0.5, 0.6) is 0 Å². The van der Waals surface area contributed by atoms with E-state index in [-0.39, 0.29) is 18.7 Å². The Balaban J connectivity index is 2.85. The fourth-order valence-corrected chi connectivity index (χ4v) is 1.43. The first-order chi connectivity index (χ1) is 8.26. The van der Waals surface area contributed by atoms with Gasteiger partial charge in [-0.15, -0.1) is 0 Å². The molecule has 4 N–H and O–H groups in total. The van der Waals surface area contributed by atoms with Crippen molar-refractivity contribution < 1.29 is 14.3 Å². The maximum atomic E-state index is 13.8. The average molecular weight is 254 g/mol. The predicted molar refractivity (Wildman–Crippen MR) is 68.7 cm³/mol. The molecular formula is C13H19FN2O2. The molecule has 0 heterocycles. The van der Waals surface area contributed by atoms with Crippen molar-refractivity contribution in [1.29, 1.82) is 0 Å². The summed E-state index contributed by atoms with van der Waals surface area (Å²) in [7, 11) is 0. The molecule has 0 bridgehead atoms. The van der Waals surface area contributed by atoms with Crippen LogP contribution in [0.3, 0.4) is 0 Å². The van der Waals surface area contributed by atoms with E-state index in [0.29, 0.717) is 11.3 Å². The molecule has 0 aromatic heterocycles. The van der Waals surface area contributed by atoms with Gasteiger partial charge >= 0.3 is 0 Å². The molecule has 1 aromatic carbocycles. The zero-order chi connectivity index (χ0) is 13.9. The summed E-state index contributed by atoms with van der Waals surface area (Å²) in [4.78, 5) is 11.8. The summed E-state index contributed by atoms with van der Waals surface area (Å²) < 4.78 is 13.8. The van der Waals surface area contributed by atoms with Gasteiger partial charge in [0.2, 0.25) is 0 Å². The minimum absolute atomic E-state index is 0.0638. The van der Waals surface area contributed by atoms with Crippen molar-refractivity contribution in [3.05, 3.63) is 29.1 Å². The topological polar surface area (TPSA) is 75.4 Å². The number of carbonyl (C=O) groups is 1. The van der Waals surface area contributed by atoms with Crippen molar-refractivity contribution in [1.82, 2.24) is 5.32 Å². The first-order valence-corrected chi connectivity index (χ1v) is 5.71. The lowest BCUT2D eigenvalue weighted by atomic mass is 9.95. The SMILES string of the molecule is Cc1cc(N)cc(C(=O)NCC(C)(C)CO)c1F. The third kappa shape index (κ3) is 3.43. The number of nitrogens with two attached hydrogens (primary N) is 1. The van der Waals surface area contributed by atoms with Gasteiger partial charge in [0, 0.05) is 24.3 Å². The van der Waals surface area contributed by atoms with Crippen LogP contribution in [0.25, 0.3) is 0 Å². The summed E-state index contributed by atoms with van der Waals surface area (Å²) in [5.74, 6) is -1.09. The number of aliphatic hydroxyl groups excluding tert-OH is 1. The van der Waals surface area contributed by atoms with E-state index in [1.54, 1.807) is 20.8 Å². The summed E-state index contributed by atoms with van der Waals surface area (Å²) in [5, 5.41) is 11.7. The number of aryl methyl sites for hydroxylation is 1. The fourth-order valence-electron chi connectivity index (χ4n) is 1.43. The van der Waals surface area contributed by atoms with Gasteiger partial charge in [0.1, 0.15) is 5.82 Å². The van der Waals surface area contributed by atoms with Crippen LogP contribution in [0, 0.1) is 18.2 Å². The van der Waals surface area contributed by atoms with Gasteiger partial charge in [-0.3, -0.25) is 4.79 Å². The standard InChI is InChI=1S/C13H19FN2O2/c1-8-4-9(15)5-10(11(8)14)12(18)16-6-13(2,3)7-17/h4-5,17H,6-7,15H2,1-3H3,(H,16,18). The summed E-state index contributed by atoms with van der Waals surface area (Å²) in [5.41, 5.74) is 5.76. The minimum Gasteiger partial charge on any atom is -0.399 e. The lowest BCUT2D eigenvalue weighted by Crippen LogP contribution is -2.36. The molecule has 1 rings (SSSR count). The molecule has 1 aromatic rings. The number of hydrogen-bond donors (Lipinski definition) is 3. The maximum absolute atomic E-state index is 13.8. The van der Waals surface area contributed by atoms with E-state index in [1.807, 2.05) is 0 Å². The van der Waals surface area contributed by atoms with Crippen LogP contribution < -0.4 is 11.1 Å². The molecule has 4 nitrogen and oxygen atoms in total. The van der Waals surface area contributed by atoms with Crippen LogP contribution in [0.2, 0.25) is 0 Å². The van der Waals surface area contributed by atoms with Gasteiger partial charge in [-0.25, -0.2) is 4.39 Å². The van der Waals surface area contributed by atoms with Crippen LogP contribution in [0.4, 0.5) is 10.1 Å². The number of halogens is 1. The average Bonchev–Trinajstić information content (AvgIpc) is 2.31. The predicted octanol–water partition coefficient (Wildman–Crippen LogP) is 1.46. The molecular weight excluding hydrogens is 235 g/mol. The Morgan fingerprint density at radius 1 is 1.50 bits per heavy atom. The molecule has 0 aliphatic carbocycles. The van der Waals surface area contributed by atoms with Gasteiger partial charge < -0.3 is 16.2 Å². The monoisotopic (exact) mass is 254 g/mol. The summed E-state index contributed by atoms with van der Waals surface area (Å²) in [6, 6.07) is 2.79. The van der Waals surface area contributed by atoms with Crippen molar-refractivity contribution in [3.63, 3.8) is 0 Å². The smallest absolute Gasteiger partial charge is 0.254 e. The second kappa shape index (κ2) is 5.35. The molecule has 0 spiro atoms. The van der Waals surface area contributed by atoms with E-state index in [4.69, 9.17) is 10.8 Å². The molecule has 0 aliphatic rings. The van der Waals surface area contributed by atoms with Crippen molar-refractivity contribution in [2.24, 2.45) is 5.41 Å².